The molecule has 7 heteroatoms. The van der Waals surface area contributed by atoms with Crippen LogP contribution in [-0.2, 0) is 37.3 Å². The maximum Gasteiger partial charge on any atom is 0.135 e. The smallest absolute Gasteiger partial charge is 0.135 e. The molecule has 0 bridgehead atoms. The minimum atomic E-state index is -2.21. The molecule has 0 aliphatic carbocycles. The van der Waals surface area contributed by atoms with Crippen LogP contribution >= 0.6 is 0 Å². The summed E-state index contributed by atoms with van der Waals surface area (Å²) in [4.78, 5) is 11.4. The van der Waals surface area contributed by atoms with E-state index in [0.29, 0.717) is 22.7 Å². The molecule has 0 saturated heterocycles. The number of benzene rings is 7. The van der Waals surface area contributed by atoms with Gasteiger partial charge in [-0.15, -0.1) is 53.4 Å². The number of hydrogen-bond acceptors (Lipinski definition) is 5. The van der Waals surface area contributed by atoms with E-state index in [1.54, 1.807) is 0 Å². The number of para-hydroxylation sites is 4. The Morgan fingerprint density at radius 1 is 0.597 bits per heavy atom. The van der Waals surface area contributed by atoms with Gasteiger partial charge in [-0.05, 0) is 85.5 Å². The fourth-order valence-corrected chi connectivity index (χ4v) is 12.8. The average molecular weight is 1150 g/mol. The molecule has 10 rings (SSSR count). The molecule has 72 heavy (non-hydrogen) atoms. The molecule has 370 valence electrons. The monoisotopic (exact) mass is 1150 g/mol. The molecule has 7 aromatic carbocycles. The number of pyridine rings is 1. The first kappa shape index (κ1) is 44.5. The average Bonchev–Trinajstić information content (AvgIpc) is 3.76. The Labute approximate surface area is 452 Å². The number of ether oxygens (including phenoxy) is 1. The van der Waals surface area contributed by atoms with Crippen molar-refractivity contribution in [1.82, 2.24) is 4.98 Å². The van der Waals surface area contributed by atoms with Crippen molar-refractivity contribution in [1.29, 1.82) is 0 Å². The summed E-state index contributed by atoms with van der Waals surface area (Å²) in [6.45, 7) is 31.1. The Morgan fingerprint density at radius 3 is 1.85 bits per heavy atom. The van der Waals surface area contributed by atoms with Crippen molar-refractivity contribution in [3.63, 3.8) is 0 Å². The van der Waals surface area contributed by atoms with Crippen molar-refractivity contribution in [3.8, 4) is 33.8 Å². The quantitative estimate of drug-likeness (QED) is 0.112. The first-order valence-electron chi connectivity index (χ1n) is 27.3. The number of hydrogen-bond donors (Lipinski definition) is 0. The van der Waals surface area contributed by atoms with Crippen LogP contribution in [0.2, 0.25) is 13.1 Å². The van der Waals surface area contributed by atoms with Gasteiger partial charge < -0.3 is 19.4 Å². The molecule has 0 fully saturated rings. The summed E-state index contributed by atoms with van der Waals surface area (Å²) < 4.78 is 51.7. The van der Waals surface area contributed by atoms with Gasteiger partial charge in [-0.3, -0.25) is 0 Å². The molecule has 3 heterocycles. The van der Waals surface area contributed by atoms with Gasteiger partial charge in [0.2, 0.25) is 0 Å². The fraction of sp³-hybridized carbons (Fsp3) is 0.262. The summed E-state index contributed by atoms with van der Waals surface area (Å²) in [6.07, 6.45) is 1.90. The third-order valence-corrected chi connectivity index (χ3v) is 17.6. The Kier molecular flexibility index (Phi) is 11.7. The van der Waals surface area contributed by atoms with Gasteiger partial charge >= 0.3 is 0 Å². The van der Waals surface area contributed by atoms with Gasteiger partial charge in [0.05, 0.1) is 14.9 Å². The normalized spacial score (nSPS) is 15.1. The standard InChI is InChI=1S/C65H67N4OSi.Pt/c1-43(2)45-36-50(40-52(37-45)70-51-30-31-60-58(41-51)69(57-28-19-20-29-59(57)71(60,12)13)61-39-47(32-33-66-61)63(3,4)5)67-42-68(56-27-18-17-26-55(56)67)62-53(44-22-15-14-16-23-44)24-21-25-54(62)46-34-48(64(6,7)8)38-49(35-46)65(9,10)11;/h14-39,42-43H,1-13H3;/q-3;/i14D,15D,16D,22D,23D;. The Hall–Kier alpha value is -6.20. The molecule has 1 aromatic heterocycles. The van der Waals surface area contributed by atoms with Crippen LogP contribution in [0.1, 0.15) is 111 Å². The van der Waals surface area contributed by atoms with E-state index in [-0.39, 0.29) is 73.0 Å². The van der Waals surface area contributed by atoms with Crippen molar-refractivity contribution in [2.24, 2.45) is 0 Å². The van der Waals surface area contributed by atoms with Crippen LogP contribution in [-0.4, -0.2) is 13.1 Å². The molecule has 0 spiro atoms. The van der Waals surface area contributed by atoms with E-state index in [1.807, 2.05) is 43.2 Å². The van der Waals surface area contributed by atoms with E-state index < -0.39 is 14.1 Å². The number of rotatable bonds is 8. The summed E-state index contributed by atoms with van der Waals surface area (Å²) in [7, 11) is -2.21. The SMILES string of the molecule is [2H]c1c([2H])c([2H])c(-c2cccc(-c3cc(C(C)(C)C)cc(C(C)(C)C)c3)c2N2[CH-]N(c3[c-]c(Oc4[c-]c5c(cc4)[Si](C)(C)c4ccccc4N5c4cc(C(C)(C)C)ccn4)cc(C(C)C)c3)c3ccccc32)c([2H])c1[2H].[Pt]. The van der Waals surface area contributed by atoms with Crippen molar-refractivity contribution < 1.29 is 32.7 Å². The largest absolute Gasteiger partial charge is 0.509 e. The second kappa shape index (κ2) is 19.0. The molecule has 2 aliphatic rings. The van der Waals surface area contributed by atoms with Crippen molar-refractivity contribution in [3.05, 3.63) is 199 Å². The van der Waals surface area contributed by atoms with Crippen molar-refractivity contribution in [2.75, 3.05) is 14.7 Å². The van der Waals surface area contributed by atoms with Gasteiger partial charge in [-0.25, -0.2) is 4.98 Å². The number of aromatic nitrogens is 1. The maximum absolute atomic E-state index is 9.30. The minimum Gasteiger partial charge on any atom is -0.509 e. The second-order valence-electron chi connectivity index (χ2n) is 23.0. The number of nitrogens with zero attached hydrogens (tertiary/aromatic N) is 4. The zero-order chi connectivity index (χ0) is 54.6. The van der Waals surface area contributed by atoms with Gasteiger partial charge in [0, 0.05) is 72.6 Å². The van der Waals surface area contributed by atoms with E-state index in [9.17, 15) is 2.74 Å². The summed E-state index contributed by atoms with van der Waals surface area (Å²) in [5.41, 5.74) is 11.8. The third-order valence-electron chi connectivity index (χ3n) is 14.1. The topological polar surface area (TPSA) is 31.8 Å². The molecule has 0 unspecified atom stereocenters. The molecule has 0 atom stereocenters. The van der Waals surface area contributed by atoms with Crippen LogP contribution in [0.3, 0.4) is 0 Å². The number of fused-ring (bicyclic) bond motifs is 3. The Balaban J connectivity index is 0.00000722. The van der Waals surface area contributed by atoms with E-state index in [0.717, 1.165) is 50.9 Å². The van der Waals surface area contributed by atoms with Crippen molar-refractivity contribution >= 4 is 58.4 Å². The summed E-state index contributed by atoms with van der Waals surface area (Å²) >= 11 is 0. The predicted octanol–water partition coefficient (Wildman–Crippen LogP) is 16.8. The van der Waals surface area contributed by atoms with Crippen LogP contribution in [0, 0.1) is 18.8 Å². The summed E-state index contributed by atoms with van der Waals surface area (Å²) in [6, 6.07) is 47.9. The first-order valence-corrected chi connectivity index (χ1v) is 27.8. The molecule has 5 nitrogen and oxygen atoms in total. The van der Waals surface area contributed by atoms with Crippen LogP contribution in [0.4, 0.5) is 39.9 Å². The molecular weight excluding hydrogens is 1080 g/mol. The van der Waals surface area contributed by atoms with Crippen LogP contribution in [0.15, 0.2) is 158 Å². The van der Waals surface area contributed by atoms with Gasteiger partial charge in [0.25, 0.3) is 0 Å². The molecular formula is C65H67N4OPtSi-3. The minimum absolute atomic E-state index is 0. The Morgan fingerprint density at radius 2 is 1.21 bits per heavy atom. The number of anilines is 7. The Bertz CT molecular complexity index is 3550. The van der Waals surface area contributed by atoms with Gasteiger partial charge in [-0.1, -0.05) is 192 Å². The van der Waals surface area contributed by atoms with Gasteiger partial charge in [0.15, 0.2) is 0 Å². The van der Waals surface area contributed by atoms with Crippen LogP contribution < -0.4 is 29.8 Å². The van der Waals surface area contributed by atoms with E-state index >= 15 is 0 Å². The van der Waals surface area contributed by atoms with E-state index in [1.165, 1.54) is 27.1 Å². The van der Waals surface area contributed by atoms with Crippen molar-refractivity contribution in [2.45, 2.75) is 111 Å². The molecule has 0 radical (unpaired) electrons. The van der Waals surface area contributed by atoms with Gasteiger partial charge in [-0.2, -0.15) is 6.07 Å². The van der Waals surface area contributed by atoms with Crippen LogP contribution in [0.5, 0.6) is 11.5 Å². The molecule has 0 N–H and O–H groups in total. The fourth-order valence-electron chi connectivity index (χ4n) is 9.85. The zero-order valence-electron chi connectivity index (χ0n) is 48.8. The summed E-state index contributed by atoms with van der Waals surface area (Å²) in [5.74, 6) is 2.04. The second-order valence-corrected chi connectivity index (χ2v) is 27.3. The molecule has 0 saturated carbocycles. The predicted molar refractivity (Wildman–Crippen MR) is 302 cm³/mol. The van der Waals surface area contributed by atoms with Crippen LogP contribution in [0.25, 0.3) is 22.3 Å². The third kappa shape index (κ3) is 9.49. The molecule has 8 aromatic rings. The maximum atomic E-state index is 9.30. The van der Waals surface area contributed by atoms with Gasteiger partial charge in [0.1, 0.15) is 5.82 Å². The van der Waals surface area contributed by atoms with E-state index in [2.05, 4.69) is 207 Å². The molecule has 2 aliphatic heterocycles. The first-order chi connectivity index (χ1) is 35.7. The summed E-state index contributed by atoms with van der Waals surface area (Å²) in [5, 5.41) is 2.58. The zero-order valence-corrected chi connectivity index (χ0v) is 47.1. The van der Waals surface area contributed by atoms with E-state index in [4.69, 9.17) is 13.8 Å². The molecule has 0 amide bonds.